The quantitative estimate of drug-likeness (QED) is 0.712. The zero-order valence-electron chi connectivity index (χ0n) is 15.8. The van der Waals surface area contributed by atoms with Crippen molar-refractivity contribution in [2.24, 2.45) is 0 Å². The average molecular weight is 380 g/mol. The van der Waals surface area contributed by atoms with Gasteiger partial charge in [0, 0.05) is 6.42 Å². The number of carbonyl (C=O) groups excluding carboxylic acids is 1. The summed E-state index contributed by atoms with van der Waals surface area (Å²) in [7, 11) is 1.52. The summed E-state index contributed by atoms with van der Waals surface area (Å²) in [6, 6.07) is 10.9. The highest BCUT2D eigenvalue weighted by Gasteiger charge is 2.15. The molecule has 0 aliphatic carbocycles. The van der Waals surface area contributed by atoms with E-state index in [4.69, 9.17) is 15.9 Å². The number of amides is 1. The van der Waals surface area contributed by atoms with Gasteiger partial charge in [-0.1, -0.05) is 24.1 Å². The van der Waals surface area contributed by atoms with Gasteiger partial charge in [-0.3, -0.25) is 4.79 Å². The van der Waals surface area contributed by atoms with Crippen LogP contribution in [-0.2, 0) is 11.2 Å². The van der Waals surface area contributed by atoms with Gasteiger partial charge in [-0.2, -0.15) is 5.26 Å². The van der Waals surface area contributed by atoms with Gasteiger partial charge < -0.3 is 14.8 Å². The number of methoxy groups -OCH3 is 1. The minimum Gasteiger partial charge on any atom is -0.493 e. The fraction of sp³-hybridized carbons (Fsp3) is 0.273. The van der Waals surface area contributed by atoms with Crippen LogP contribution in [0.1, 0.15) is 29.2 Å². The molecule has 2 rings (SSSR count). The molecule has 0 radical (unpaired) electrons. The summed E-state index contributed by atoms with van der Waals surface area (Å²) in [6.45, 7) is 1.77. The Morgan fingerprint density at radius 1 is 1.29 bits per heavy atom. The third kappa shape index (κ3) is 5.49. The largest absolute Gasteiger partial charge is 0.493 e. The van der Waals surface area contributed by atoms with Crippen LogP contribution in [0.15, 0.2) is 36.4 Å². The normalized spacial score (nSPS) is 11.0. The summed E-state index contributed by atoms with van der Waals surface area (Å²) in [5, 5.41) is 11.9. The number of nitriles is 1. The SMILES string of the molecule is C#CCOc1ccc(CCC(=O)NC(C#N)c2ccc(C)c(F)c2)cc1OC. The highest BCUT2D eigenvalue weighted by Crippen LogP contribution is 2.28. The molecule has 2 aromatic carbocycles. The maximum absolute atomic E-state index is 13.7. The number of rotatable bonds is 8. The van der Waals surface area contributed by atoms with Crippen LogP contribution in [0.3, 0.4) is 0 Å². The minimum absolute atomic E-state index is 0.132. The van der Waals surface area contributed by atoms with Gasteiger partial charge in [0.1, 0.15) is 18.5 Å². The van der Waals surface area contributed by atoms with Crippen LogP contribution >= 0.6 is 0 Å². The Labute approximate surface area is 164 Å². The van der Waals surface area contributed by atoms with Gasteiger partial charge in [-0.25, -0.2) is 4.39 Å². The number of hydrogen-bond acceptors (Lipinski definition) is 4. The number of halogens is 1. The molecule has 0 fully saturated rings. The topological polar surface area (TPSA) is 71.3 Å². The number of aryl methyl sites for hydroxylation is 2. The molecule has 0 aliphatic heterocycles. The van der Waals surface area contributed by atoms with Gasteiger partial charge in [0.05, 0.1) is 13.2 Å². The molecule has 28 heavy (non-hydrogen) atoms. The van der Waals surface area contributed by atoms with E-state index in [1.54, 1.807) is 31.2 Å². The fourth-order valence-corrected chi connectivity index (χ4v) is 2.58. The summed E-state index contributed by atoms with van der Waals surface area (Å²) in [5.74, 6) is 2.72. The fourth-order valence-electron chi connectivity index (χ4n) is 2.58. The molecule has 5 nitrogen and oxygen atoms in total. The molecule has 144 valence electrons. The maximum Gasteiger partial charge on any atom is 0.221 e. The third-order valence-corrected chi connectivity index (χ3v) is 4.14. The van der Waals surface area contributed by atoms with E-state index in [9.17, 15) is 14.4 Å². The van der Waals surface area contributed by atoms with Crippen LogP contribution in [0.25, 0.3) is 0 Å². The van der Waals surface area contributed by atoms with Gasteiger partial charge in [-0.15, -0.1) is 6.42 Å². The van der Waals surface area contributed by atoms with Crippen molar-refractivity contribution >= 4 is 5.91 Å². The van der Waals surface area contributed by atoms with Gasteiger partial charge in [0.15, 0.2) is 11.5 Å². The Hall–Kier alpha value is -3.51. The molecule has 0 aromatic heterocycles. The molecule has 1 N–H and O–H groups in total. The number of ether oxygens (including phenoxy) is 2. The number of nitrogens with zero attached hydrogens (tertiary/aromatic N) is 1. The first kappa shape index (κ1) is 20.8. The van der Waals surface area contributed by atoms with Crippen molar-refractivity contribution in [3.05, 3.63) is 58.9 Å². The molecule has 0 heterocycles. The summed E-state index contributed by atoms with van der Waals surface area (Å²) in [6.07, 6.45) is 5.79. The monoisotopic (exact) mass is 380 g/mol. The van der Waals surface area contributed by atoms with Gasteiger partial charge in [0.25, 0.3) is 0 Å². The molecular weight excluding hydrogens is 359 g/mol. The minimum atomic E-state index is -0.906. The van der Waals surface area contributed by atoms with E-state index in [0.29, 0.717) is 29.0 Å². The molecule has 0 saturated carbocycles. The Morgan fingerprint density at radius 3 is 2.71 bits per heavy atom. The van der Waals surface area contributed by atoms with Crippen molar-refractivity contribution in [3.63, 3.8) is 0 Å². The van der Waals surface area contributed by atoms with Crippen LogP contribution in [-0.4, -0.2) is 19.6 Å². The van der Waals surface area contributed by atoms with Crippen LogP contribution in [0.5, 0.6) is 11.5 Å². The summed E-state index contributed by atoms with van der Waals surface area (Å²) in [4.78, 5) is 12.2. The number of nitrogens with one attached hydrogen (secondary N) is 1. The number of hydrogen-bond donors (Lipinski definition) is 1. The van der Waals surface area contributed by atoms with Crippen LogP contribution in [0.4, 0.5) is 4.39 Å². The van der Waals surface area contributed by atoms with Crippen molar-refractivity contribution in [2.75, 3.05) is 13.7 Å². The Kier molecular flexibility index (Phi) is 7.42. The standard InChI is InChI=1S/C22H21FN2O3/c1-4-11-28-20-9-6-16(12-21(20)27-3)7-10-22(26)25-19(14-24)17-8-5-15(2)18(23)13-17/h1,5-6,8-9,12-13,19H,7,10-11H2,2-3H3,(H,25,26). The molecule has 1 unspecified atom stereocenters. The molecule has 6 heteroatoms. The van der Waals surface area contributed by atoms with Gasteiger partial charge in [-0.05, 0) is 48.2 Å². The Bertz CT molecular complexity index is 928. The van der Waals surface area contributed by atoms with Crippen LogP contribution in [0, 0.1) is 36.4 Å². The predicted molar refractivity (Wildman–Crippen MR) is 103 cm³/mol. The summed E-state index contributed by atoms with van der Waals surface area (Å²) < 4.78 is 24.4. The highest BCUT2D eigenvalue weighted by atomic mass is 19.1. The zero-order valence-corrected chi connectivity index (χ0v) is 15.8. The van der Waals surface area contributed by atoms with E-state index in [0.717, 1.165) is 5.56 Å². The first-order chi connectivity index (χ1) is 13.5. The van der Waals surface area contributed by atoms with E-state index in [1.165, 1.54) is 13.2 Å². The first-order valence-electron chi connectivity index (χ1n) is 8.66. The molecule has 0 spiro atoms. The lowest BCUT2D eigenvalue weighted by Gasteiger charge is -2.13. The van der Waals surface area contributed by atoms with E-state index in [1.807, 2.05) is 12.1 Å². The molecule has 0 bridgehead atoms. The van der Waals surface area contributed by atoms with Crippen molar-refractivity contribution in [1.82, 2.24) is 5.32 Å². The third-order valence-electron chi connectivity index (χ3n) is 4.14. The molecule has 1 amide bonds. The maximum atomic E-state index is 13.7. The molecule has 1 atom stereocenters. The molecule has 0 saturated heterocycles. The van der Waals surface area contributed by atoms with Crippen molar-refractivity contribution < 1.29 is 18.7 Å². The van der Waals surface area contributed by atoms with E-state index < -0.39 is 11.9 Å². The summed E-state index contributed by atoms with van der Waals surface area (Å²) >= 11 is 0. The highest BCUT2D eigenvalue weighted by molar-refractivity contribution is 5.77. The zero-order chi connectivity index (χ0) is 20.5. The number of carbonyl (C=O) groups is 1. The van der Waals surface area contributed by atoms with E-state index in [-0.39, 0.29) is 18.9 Å². The second-order valence-corrected chi connectivity index (χ2v) is 6.12. The lowest BCUT2D eigenvalue weighted by molar-refractivity contribution is -0.121. The van der Waals surface area contributed by atoms with Crippen molar-refractivity contribution in [1.29, 1.82) is 5.26 Å². The lowest BCUT2D eigenvalue weighted by Crippen LogP contribution is -2.27. The van der Waals surface area contributed by atoms with Crippen molar-refractivity contribution in [2.45, 2.75) is 25.8 Å². The van der Waals surface area contributed by atoms with Crippen LogP contribution < -0.4 is 14.8 Å². The average Bonchev–Trinajstić information content (AvgIpc) is 2.71. The second kappa shape index (κ2) is 9.99. The number of benzene rings is 2. The van der Waals surface area contributed by atoms with E-state index >= 15 is 0 Å². The van der Waals surface area contributed by atoms with Gasteiger partial charge in [0.2, 0.25) is 5.91 Å². The second-order valence-electron chi connectivity index (χ2n) is 6.12. The van der Waals surface area contributed by atoms with Crippen LogP contribution in [0.2, 0.25) is 0 Å². The molecular formula is C22H21FN2O3. The lowest BCUT2D eigenvalue weighted by atomic mass is 10.0. The predicted octanol–water partition coefficient (Wildman–Crippen LogP) is 3.47. The molecule has 0 aliphatic rings. The van der Waals surface area contributed by atoms with Gasteiger partial charge >= 0.3 is 0 Å². The Balaban J connectivity index is 1.98. The number of terminal acetylenes is 1. The van der Waals surface area contributed by atoms with Crippen molar-refractivity contribution in [3.8, 4) is 29.9 Å². The van der Waals surface area contributed by atoms with E-state index in [2.05, 4.69) is 11.2 Å². The molecule has 2 aromatic rings. The smallest absolute Gasteiger partial charge is 0.221 e. The Morgan fingerprint density at radius 2 is 2.07 bits per heavy atom. The first-order valence-corrected chi connectivity index (χ1v) is 8.66. The summed E-state index contributed by atoms with van der Waals surface area (Å²) in [5.41, 5.74) is 1.76.